The fourth-order valence-electron chi connectivity index (χ4n) is 3.48. The van der Waals surface area contributed by atoms with Crippen LogP contribution in [0.4, 0.5) is 0 Å². The molecule has 0 bridgehead atoms. The largest absolute Gasteiger partial charge is 0.481 e. The molecule has 3 unspecified atom stereocenters. The van der Waals surface area contributed by atoms with Gasteiger partial charge in [-0.25, -0.2) is 0 Å². The predicted octanol–water partition coefficient (Wildman–Crippen LogP) is -1.46. The van der Waals surface area contributed by atoms with Crippen molar-refractivity contribution in [3.8, 4) is 0 Å². The molecule has 0 aliphatic heterocycles. The Morgan fingerprint density at radius 2 is 1.42 bits per heavy atom. The van der Waals surface area contributed by atoms with Crippen molar-refractivity contribution >= 4 is 85.6 Å². The Labute approximate surface area is 230 Å². The molecule has 188 valence electrons. The smallest absolute Gasteiger partial charge is 0.313 e. The highest BCUT2D eigenvalue weighted by Crippen LogP contribution is 2.55. The van der Waals surface area contributed by atoms with Gasteiger partial charge in [-0.15, -0.1) is 0 Å². The van der Waals surface area contributed by atoms with Crippen molar-refractivity contribution in [1.29, 1.82) is 0 Å². The number of alkyl halides is 1. The minimum atomic E-state index is -1.56. The second kappa shape index (κ2) is 13.8. The summed E-state index contributed by atoms with van der Waals surface area (Å²) in [5, 5.41) is 67.8. The molecule has 3 atom stereocenters. The lowest BCUT2D eigenvalue weighted by Crippen LogP contribution is -2.53. The van der Waals surface area contributed by atoms with E-state index in [1.807, 2.05) is 0 Å². The number of nitrogens with zero attached hydrogens (tertiary/aromatic N) is 2. The average molecular weight is 810 g/mol. The number of carbonyl (C=O) groups excluding carboxylic acids is 2. The van der Waals surface area contributed by atoms with E-state index in [9.17, 15) is 50.1 Å². The summed E-state index contributed by atoms with van der Waals surface area (Å²) in [7, 11) is 0. The molecule has 12 nitrogen and oxygen atoms in total. The first-order valence-electron chi connectivity index (χ1n) is 9.51. The van der Waals surface area contributed by atoms with Crippen LogP contribution >= 0.6 is 67.8 Å². The van der Waals surface area contributed by atoms with Gasteiger partial charge >= 0.3 is 5.97 Å². The van der Waals surface area contributed by atoms with Crippen LogP contribution in [0.2, 0.25) is 0 Å². The Bertz CT molecular complexity index is 821. The number of carboxylic acids is 1. The van der Waals surface area contributed by atoms with Crippen LogP contribution in [0.5, 0.6) is 0 Å². The van der Waals surface area contributed by atoms with Crippen molar-refractivity contribution < 1.29 is 50.1 Å². The molecule has 0 saturated heterocycles. The Balaban J connectivity index is 4.08. The summed E-state index contributed by atoms with van der Waals surface area (Å²) < 4.78 is -1.25. The van der Waals surface area contributed by atoms with Gasteiger partial charge in [0.05, 0.1) is 44.3 Å². The zero-order valence-electron chi connectivity index (χ0n) is 17.2. The van der Waals surface area contributed by atoms with E-state index in [1.54, 1.807) is 67.8 Å². The molecule has 2 amide bonds. The summed E-state index contributed by atoms with van der Waals surface area (Å²) in [6.07, 6.45) is -1.70. The number of amides is 2. The van der Waals surface area contributed by atoms with E-state index in [4.69, 9.17) is 0 Å². The number of carboxylic acid groups (broad SMARTS) is 1. The lowest BCUT2D eigenvalue weighted by atomic mass is 9.79. The second-order valence-corrected chi connectivity index (χ2v) is 11.1. The van der Waals surface area contributed by atoms with Crippen molar-refractivity contribution in [2.45, 2.75) is 15.9 Å². The number of hydrogen-bond acceptors (Lipinski definition) is 9. The fourth-order valence-corrected chi connectivity index (χ4v) is 9.47. The van der Waals surface area contributed by atoms with Gasteiger partial charge in [-0.3, -0.25) is 14.4 Å². The molecule has 7 N–H and O–H groups in total. The van der Waals surface area contributed by atoms with Crippen LogP contribution in [0.25, 0.3) is 0 Å². The number of hydrogen-bond donors (Lipinski definition) is 7. The van der Waals surface area contributed by atoms with E-state index in [0.717, 1.165) is 9.80 Å². The quantitative estimate of drug-likeness (QED) is 0.0904. The number of rotatable bonds is 12. The van der Waals surface area contributed by atoms with Crippen molar-refractivity contribution in [3.05, 3.63) is 18.6 Å². The molecule has 0 aromatic carbocycles. The molecular weight excluding hydrogens is 785 g/mol. The van der Waals surface area contributed by atoms with Gasteiger partial charge in [-0.05, 0) is 51.6 Å². The molecule has 0 saturated carbocycles. The van der Waals surface area contributed by atoms with Crippen LogP contribution in [-0.4, -0.2) is 119 Å². The number of aliphatic carboxylic acids is 1. The first-order valence-corrected chi connectivity index (χ1v) is 12.7. The third-order valence-electron chi connectivity index (χ3n) is 4.80. The van der Waals surface area contributed by atoms with Crippen LogP contribution in [0.15, 0.2) is 18.6 Å². The van der Waals surface area contributed by atoms with Crippen molar-refractivity contribution in [1.82, 2.24) is 9.80 Å². The third kappa shape index (κ3) is 6.74. The SMILES string of the molecule is O=C(O)C1C(I)=C(N(CCO)C(=O)CO)C(I)=C(N(CCO)C(=O)CO)C1(I)CC(O)CO. The second-order valence-electron chi connectivity index (χ2n) is 6.89. The molecule has 0 spiro atoms. The molecule has 1 aliphatic rings. The monoisotopic (exact) mass is 810 g/mol. The maximum Gasteiger partial charge on any atom is 0.313 e. The predicted molar refractivity (Wildman–Crippen MR) is 139 cm³/mol. The third-order valence-corrected chi connectivity index (χ3v) is 8.53. The van der Waals surface area contributed by atoms with E-state index in [-0.39, 0.29) is 38.1 Å². The molecule has 0 aromatic heterocycles. The molecule has 0 heterocycles. The summed E-state index contributed by atoms with van der Waals surface area (Å²) in [5.74, 6) is -4.50. The van der Waals surface area contributed by atoms with Gasteiger partial charge in [0.25, 0.3) is 11.8 Å². The lowest BCUT2D eigenvalue weighted by Gasteiger charge is -2.46. The van der Waals surface area contributed by atoms with Gasteiger partial charge < -0.3 is 45.5 Å². The molecular formula is C18H25I3N2O10. The first kappa shape index (κ1) is 30.9. The van der Waals surface area contributed by atoms with Gasteiger partial charge in [0.15, 0.2) is 0 Å². The van der Waals surface area contributed by atoms with Gasteiger partial charge in [-0.1, -0.05) is 22.6 Å². The number of aliphatic hydroxyl groups is 6. The van der Waals surface area contributed by atoms with Gasteiger partial charge in [-0.2, -0.15) is 0 Å². The number of carbonyl (C=O) groups is 3. The summed E-state index contributed by atoms with van der Waals surface area (Å²) in [6, 6.07) is 0. The summed E-state index contributed by atoms with van der Waals surface area (Å²) >= 11 is 5.29. The molecule has 1 aliphatic carbocycles. The zero-order chi connectivity index (χ0) is 25.5. The molecule has 33 heavy (non-hydrogen) atoms. The van der Waals surface area contributed by atoms with Gasteiger partial charge in [0, 0.05) is 16.7 Å². The van der Waals surface area contributed by atoms with E-state index >= 15 is 0 Å². The van der Waals surface area contributed by atoms with E-state index < -0.39 is 66.3 Å². The number of allylic oxidation sites excluding steroid dienone is 2. The van der Waals surface area contributed by atoms with E-state index in [0.29, 0.717) is 0 Å². The van der Waals surface area contributed by atoms with Gasteiger partial charge in [0.2, 0.25) is 0 Å². The molecule has 1 rings (SSSR count). The van der Waals surface area contributed by atoms with Crippen molar-refractivity contribution in [2.24, 2.45) is 5.92 Å². The molecule has 0 fully saturated rings. The summed E-state index contributed by atoms with van der Waals surface area (Å²) in [6.45, 7) is -4.25. The Kier molecular flexibility index (Phi) is 12.9. The Morgan fingerprint density at radius 1 is 0.939 bits per heavy atom. The average Bonchev–Trinajstić information content (AvgIpc) is 2.76. The van der Waals surface area contributed by atoms with Crippen LogP contribution in [0, 0.1) is 5.92 Å². The summed E-state index contributed by atoms with van der Waals surface area (Å²) in [4.78, 5) is 39.5. The minimum absolute atomic E-state index is 0.000737. The van der Waals surface area contributed by atoms with Crippen LogP contribution < -0.4 is 0 Å². The Morgan fingerprint density at radius 3 is 1.85 bits per heavy atom. The van der Waals surface area contributed by atoms with Crippen molar-refractivity contribution in [3.63, 3.8) is 0 Å². The normalized spacial score (nSPS) is 21.8. The maximum absolute atomic E-state index is 12.6. The highest BCUT2D eigenvalue weighted by molar-refractivity contribution is 14.1. The fraction of sp³-hybridized carbons (Fsp3) is 0.611. The Hall–Kier alpha value is -0.160. The number of halogens is 3. The lowest BCUT2D eigenvalue weighted by molar-refractivity contribution is -0.142. The topological polar surface area (TPSA) is 199 Å². The minimum Gasteiger partial charge on any atom is -0.481 e. The van der Waals surface area contributed by atoms with Crippen LogP contribution in [0.1, 0.15) is 6.42 Å². The first-order chi connectivity index (χ1) is 15.5. The maximum atomic E-state index is 12.6. The van der Waals surface area contributed by atoms with Crippen LogP contribution in [0.3, 0.4) is 0 Å². The summed E-state index contributed by atoms with van der Waals surface area (Å²) in [5.41, 5.74) is 0.0342. The highest BCUT2D eigenvalue weighted by Gasteiger charge is 2.54. The highest BCUT2D eigenvalue weighted by atomic mass is 127. The van der Waals surface area contributed by atoms with Crippen molar-refractivity contribution in [2.75, 3.05) is 46.1 Å². The molecule has 0 aromatic rings. The zero-order valence-corrected chi connectivity index (χ0v) is 23.7. The molecule has 0 radical (unpaired) electrons. The van der Waals surface area contributed by atoms with Crippen LogP contribution in [-0.2, 0) is 14.4 Å². The van der Waals surface area contributed by atoms with E-state index in [2.05, 4.69) is 0 Å². The van der Waals surface area contributed by atoms with Gasteiger partial charge in [0.1, 0.15) is 19.1 Å². The number of aliphatic hydroxyl groups excluding tert-OH is 6. The molecule has 15 heteroatoms. The van der Waals surface area contributed by atoms with E-state index in [1.165, 1.54) is 0 Å². The standard InChI is InChI=1S/C18H25I3N2O10/c19-13-12(17(32)33)18(21,5-9(29)6-26)16(23(2-4-25)11(31)8-28)14(20)15(13)22(1-3-24)10(30)7-27/h9,12,24-29H,1-8H2,(H,32,33).